The standard InChI is InChI=1S/C11H25NO/c1-10(2)9-12-8-6-7-11(3,4)13-5/h10,12H,6-9H2,1-5H3. The Balaban J connectivity index is 3.26. The Bertz CT molecular complexity index is 121. The Morgan fingerprint density at radius 3 is 2.38 bits per heavy atom. The Morgan fingerprint density at radius 1 is 1.31 bits per heavy atom. The molecular formula is C11H25NO. The van der Waals surface area contributed by atoms with Crippen molar-refractivity contribution in [2.75, 3.05) is 20.2 Å². The summed E-state index contributed by atoms with van der Waals surface area (Å²) in [6, 6.07) is 0. The summed E-state index contributed by atoms with van der Waals surface area (Å²) < 4.78 is 5.34. The molecular weight excluding hydrogens is 162 g/mol. The van der Waals surface area contributed by atoms with E-state index in [1.807, 2.05) is 0 Å². The summed E-state index contributed by atoms with van der Waals surface area (Å²) in [4.78, 5) is 0. The lowest BCUT2D eigenvalue weighted by Crippen LogP contribution is -2.26. The summed E-state index contributed by atoms with van der Waals surface area (Å²) in [6.45, 7) is 10.9. The molecule has 0 unspecified atom stereocenters. The van der Waals surface area contributed by atoms with Crippen LogP contribution in [-0.4, -0.2) is 25.8 Å². The van der Waals surface area contributed by atoms with E-state index in [1.54, 1.807) is 7.11 Å². The average Bonchev–Trinajstić information content (AvgIpc) is 2.03. The SMILES string of the molecule is COC(C)(C)CCCNCC(C)C. The number of methoxy groups -OCH3 is 1. The van der Waals surface area contributed by atoms with Gasteiger partial charge in [-0.05, 0) is 45.7 Å². The van der Waals surface area contributed by atoms with E-state index in [0.717, 1.165) is 25.4 Å². The maximum absolute atomic E-state index is 5.34. The summed E-state index contributed by atoms with van der Waals surface area (Å²) in [5.74, 6) is 0.746. The van der Waals surface area contributed by atoms with E-state index in [1.165, 1.54) is 6.42 Å². The van der Waals surface area contributed by atoms with Crippen molar-refractivity contribution in [1.29, 1.82) is 0 Å². The molecule has 0 aliphatic heterocycles. The highest BCUT2D eigenvalue weighted by Gasteiger charge is 2.14. The molecule has 0 aliphatic rings. The van der Waals surface area contributed by atoms with Crippen molar-refractivity contribution in [3.05, 3.63) is 0 Å². The Kier molecular flexibility index (Phi) is 6.35. The highest BCUT2D eigenvalue weighted by atomic mass is 16.5. The van der Waals surface area contributed by atoms with Gasteiger partial charge in [-0.3, -0.25) is 0 Å². The quantitative estimate of drug-likeness (QED) is 0.618. The van der Waals surface area contributed by atoms with Gasteiger partial charge < -0.3 is 10.1 Å². The van der Waals surface area contributed by atoms with Crippen molar-refractivity contribution >= 4 is 0 Å². The Hall–Kier alpha value is -0.0800. The summed E-state index contributed by atoms with van der Waals surface area (Å²) >= 11 is 0. The molecule has 13 heavy (non-hydrogen) atoms. The third-order valence-electron chi connectivity index (χ3n) is 2.24. The molecule has 0 fully saturated rings. The van der Waals surface area contributed by atoms with Crippen LogP contribution in [0.3, 0.4) is 0 Å². The zero-order chi connectivity index (χ0) is 10.3. The first-order valence-electron chi connectivity index (χ1n) is 5.24. The van der Waals surface area contributed by atoms with Crippen molar-refractivity contribution in [2.45, 2.75) is 46.1 Å². The number of ether oxygens (including phenoxy) is 1. The molecule has 0 bridgehead atoms. The first-order chi connectivity index (χ1) is 5.98. The zero-order valence-electron chi connectivity index (χ0n) is 9.81. The fourth-order valence-corrected chi connectivity index (χ4v) is 1.13. The van der Waals surface area contributed by atoms with Gasteiger partial charge in [-0.1, -0.05) is 13.8 Å². The van der Waals surface area contributed by atoms with Gasteiger partial charge in [-0.25, -0.2) is 0 Å². The molecule has 0 heterocycles. The van der Waals surface area contributed by atoms with Crippen LogP contribution in [0.2, 0.25) is 0 Å². The van der Waals surface area contributed by atoms with E-state index in [-0.39, 0.29) is 5.60 Å². The number of rotatable bonds is 7. The molecule has 2 nitrogen and oxygen atoms in total. The third kappa shape index (κ3) is 8.26. The normalized spacial score (nSPS) is 12.5. The lowest BCUT2D eigenvalue weighted by atomic mass is 10.0. The van der Waals surface area contributed by atoms with E-state index in [4.69, 9.17) is 4.74 Å². The molecule has 0 spiro atoms. The second kappa shape index (κ2) is 6.39. The van der Waals surface area contributed by atoms with Crippen molar-refractivity contribution in [3.63, 3.8) is 0 Å². The van der Waals surface area contributed by atoms with Crippen LogP contribution < -0.4 is 5.32 Å². The van der Waals surface area contributed by atoms with Gasteiger partial charge in [-0.2, -0.15) is 0 Å². The molecule has 80 valence electrons. The van der Waals surface area contributed by atoms with Gasteiger partial charge >= 0.3 is 0 Å². The zero-order valence-corrected chi connectivity index (χ0v) is 9.81. The van der Waals surface area contributed by atoms with Crippen LogP contribution in [0, 0.1) is 5.92 Å². The molecule has 0 aliphatic carbocycles. The monoisotopic (exact) mass is 187 g/mol. The van der Waals surface area contributed by atoms with Crippen LogP contribution in [0.15, 0.2) is 0 Å². The second-order valence-electron chi connectivity index (χ2n) is 4.67. The molecule has 0 saturated heterocycles. The van der Waals surface area contributed by atoms with Gasteiger partial charge in [0.05, 0.1) is 5.60 Å². The lowest BCUT2D eigenvalue weighted by Gasteiger charge is -2.22. The number of nitrogens with one attached hydrogen (secondary N) is 1. The van der Waals surface area contributed by atoms with Crippen molar-refractivity contribution in [2.24, 2.45) is 5.92 Å². The fourth-order valence-electron chi connectivity index (χ4n) is 1.13. The molecule has 0 saturated carbocycles. The molecule has 0 aromatic carbocycles. The van der Waals surface area contributed by atoms with Gasteiger partial charge in [0, 0.05) is 7.11 Å². The molecule has 0 atom stereocenters. The van der Waals surface area contributed by atoms with Crippen LogP contribution in [0.25, 0.3) is 0 Å². The van der Waals surface area contributed by atoms with Crippen LogP contribution in [0.4, 0.5) is 0 Å². The van der Waals surface area contributed by atoms with Crippen molar-refractivity contribution in [3.8, 4) is 0 Å². The minimum atomic E-state index is 0.0412. The highest BCUT2D eigenvalue weighted by molar-refractivity contribution is 4.68. The van der Waals surface area contributed by atoms with Crippen LogP contribution in [-0.2, 0) is 4.74 Å². The summed E-state index contributed by atoms with van der Waals surface area (Å²) in [5, 5.41) is 3.43. The van der Waals surface area contributed by atoms with Gasteiger partial charge in [0.25, 0.3) is 0 Å². The molecule has 0 radical (unpaired) electrons. The topological polar surface area (TPSA) is 21.3 Å². The molecule has 0 amide bonds. The van der Waals surface area contributed by atoms with E-state index >= 15 is 0 Å². The maximum Gasteiger partial charge on any atom is 0.0623 e. The largest absolute Gasteiger partial charge is 0.379 e. The molecule has 0 aromatic rings. The van der Waals surface area contributed by atoms with Gasteiger partial charge in [0.2, 0.25) is 0 Å². The van der Waals surface area contributed by atoms with Crippen LogP contribution in [0.1, 0.15) is 40.5 Å². The van der Waals surface area contributed by atoms with E-state index in [9.17, 15) is 0 Å². The van der Waals surface area contributed by atoms with Crippen molar-refractivity contribution < 1.29 is 4.74 Å². The number of hydrogen-bond donors (Lipinski definition) is 1. The van der Waals surface area contributed by atoms with Crippen LogP contribution >= 0.6 is 0 Å². The second-order valence-corrected chi connectivity index (χ2v) is 4.67. The average molecular weight is 187 g/mol. The van der Waals surface area contributed by atoms with E-state index in [2.05, 4.69) is 33.0 Å². The summed E-state index contributed by atoms with van der Waals surface area (Å²) in [6.07, 6.45) is 2.31. The van der Waals surface area contributed by atoms with Gasteiger partial charge in [0.15, 0.2) is 0 Å². The minimum Gasteiger partial charge on any atom is -0.379 e. The first kappa shape index (κ1) is 12.9. The Labute approximate surface area is 83.1 Å². The van der Waals surface area contributed by atoms with Crippen LogP contribution in [0.5, 0.6) is 0 Å². The van der Waals surface area contributed by atoms with E-state index in [0.29, 0.717) is 0 Å². The maximum atomic E-state index is 5.34. The van der Waals surface area contributed by atoms with E-state index < -0.39 is 0 Å². The molecule has 1 N–H and O–H groups in total. The highest BCUT2D eigenvalue weighted by Crippen LogP contribution is 2.14. The lowest BCUT2D eigenvalue weighted by molar-refractivity contribution is 0.0140. The summed E-state index contributed by atoms with van der Waals surface area (Å²) in [5.41, 5.74) is 0.0412. The fraction of sp³-hybridized carbons (Fsp3) is 1.00. The minimum absolute atomic E-state index is 0.0412. The Morgan fingerprint density at radius 2 is 1.92 bits per heavy atom. The molecule has 0 aromatic heterocycles. The predicted octanol–water partition coefficient (Wildman–Crippen LogP) is 2.44. The smallest absolute Gasteiger partial charge is 0.0623 e. The predicted molar refractivity (Wildman–Crippen MR) is 58.0 cm³/mol. The van der Waals surface area contributed by atoms with Crippen molar-refractivity contribution in [1.82, 2.24) is 5.32 Å². The first-order valence-corrected chi connectivity index (χ1v) is 5.24. The number of hydrogen-bond acceptors (Lipinski definition) is 2. The molecule has 0 rings (SSSR count). The third-order valence-corrected chi connectivity index (χ3v) is 2.24. The molecule has 2 heteroatoms. The van der Waals surface area contributed by atoms with Gasteiger partial charge in [-0.15, -0.1) is 0 Å². The summed E-state index contributed by atoms with van der Waals surface area (Å²) in [7, 11) is 1.78. The van der Waals surface area contributed by atoms with Gasteiger partial charge in [0.1, 0.15) is 0 Å².